The van der Waals surface area contributed by atoms with Gasteiger partial charge >= 0.3 is 0 Å². The highest BCUT2D eigenvalue weighted by molar-refractivity contribution is 6.30. The SMILES string of the molecule is CCOc1c(NC)c2c(c3ccccc13)C(=O)NC2=O. The number of ether oxygens (including phenoxy) is 1. The number of amides is 2. The van der Waals surface area contributed by atoms with E-state index in [2.05, 4.69) is 10.6 Å². The third-order valence-electron chi connectivity index (χ3n) is 3.39. The van der Waals surface area contributed by atoms with Gasteiger partial charge < -0.3 is 10.1 Å². The predicted molar refractivity (Wildman–Crippen MR) is 76.5 cm³/mol. The summed E-state index contributed by atoms with van der Waals surface area (Å²) in [6, 6.07) is 7.44. The van der Waals surface area contributed by atoms with Gasteiger partial charge in [0.1, 0.15) is 0 Å². The lowest BCUT2D eigenvalue weighted by molar-refractivity contribution is 0.0880. The van der Waals surface area contributed by atoms with Crippen molar-refractivity contribution in [2.24, 2.45) is 0 Å². The number of anilines is 1. The van der Waals surface area contributed by atoms with E-state index in [0.717, 1.165) is 10.8 Å². The maximum atomic E-state index is 12.0. The van der Waals surface area contributed by atoms with Crippen LogP contribution in [0.2, 0.25) is 0 Å². The second kappa shape index (κ2) is 4.52. The van der Waals surface area contributed by atoms with E-state index in [9.17, 15) is 9.59 Å². The normalized spacial score (nSPS) is 13.3. The number of nitrogens with one attached hydrogen (secondary N) is 2. The zero-order valence-corrected chi connectivity index (χ0v) is 11.2. The van der Waals surface area contributed by atoms with Gasteiger partial charge in [-0.25, -0.2) is 0 Å². The van der Waals surface area contributed by atoms with E-state index in [1.807, 2.05) is 31.2 Å². The predicted octanol–water partition coefficient (Wildman–Crippen LogP) is 2.16. The molecular formula is C15H14N2O3. The smallest absolute Gasteiger partial charge is 0.261 e. The quantitative estimate of drug-likeness (QED) is 0.839. The van der Waals surface area contributed by atoms with Gasteiger partial charge in [-0.2, -0.15) is 0 Å². The molecule has 0 unspecified atom stereocenters. The van der Waals surface area contributed by atoms with Crippen LogP contribution in [0.1, 0.15) is 27.6 Å². The number of hydrogen-bond donors (Lipinski definition) is 2. The van der Waals surface area contributed by atoms with E-state index in [0.29, 0.717) is 29.2 Å². The standard InChI is InChI=1S/C15H14N2O3/c1-3-20-13-9-7-5-4-6-8(9)10-11(12(13)16-2)15(19)17-14(10)18/h4-7,16H,3H2,1-2H3,(H,17,18,19). The Bertz CT molecular complexity index is 737. The van der Waals surface area contributed by atoms with Gasteiger partial charge in [-0.15, -0.1) is 0 Å². The van der Waals surface area contributed by atoms with Crippen LogP contribution in [0.3, 0.4) is 0 Å². The van der Waals surface area contributed by atoms with Crippen LogP contribution in [0, 0.1) is 0 Å². The minimum Gasteiger partial charge on any atom is -0.491 e. The van der Waals surface area contributed by atoms with Crippen LogP contribution in [0.5, 0.6) is 5.75 Å². The summed E-state index contributed by atoms with van der Waals surface area (Å²) in [4.78, 5) is 24.1. The first-order chi connectivity index (χ1) is 9.69. The van der Waals surface area contributed by atoms with Gasteiger partial charge in [0.15, 0.2) is 5.75 Å². The van der Waals surface area contributed by atoms with Crippen LogP contribution in [-0.4, -0.2) is 25.5 Å². The molecule has 5 nitrogen and oxygen atoms in total. The first-order valence-corrected chi connectivity index (χ1v) is 6.44. The minimum atomic E-state index is -0.388. The fourth-order valence-corrected chi connectivity index (χ4v) is 2.63. The molecule has 0 radical (unpaired) electrons. The number of fused-ring (bicyclic) bond motifs is 3. The van der Waals surface area contributed by atoms with Crippen molar-refractivity contribution in [1.29, 1.82) is 0 Å². The fraction of sp³-hybridized carbons (Fsp3) is 0.200. The van der Waals surface area contributed by atoms with Crippen molar-refractivity contribution in [3.63, 3.8) is 0 Å². The molecule has 2 aromatic carbocycles. The topological polar surface area (TPSA) is 67.4 Å². The van der Waals surface area contributed by atoms with Crippen molar-refractivity contribution in [2.75, 3.05) is 19.0 Å². The van der Waals surface area contributed by atoms with Gasteiger partial charge in [-0.1, -0.05) is 24.3 Å². The Morgan fingerprint density at radius 1 is 1.10 bits per heavy atom. The summed E-state index contributed by atoms with van der Waals surface area (Å²) < 4.78 is 5.70. The molecule has 2 amide bonds. The van der Waals surface area contributed by atoms with E-state index in [4.69, 9.17) is 4.74 Å². The zero-order chi connectivity index (χ0) is 14.3. The van der Waals surface area contributed by atoms with Crippen LogP contribution < -0.4 is 15.4 Å². The van der Waals surface area contributed by atoms with Crippen molar-refractivity contribution in [3.8, 4) is 5.75 Å². The summed E-state index contributed by atoms with van der Waals surface area (Å²) in [6.45, 7) is 2.36. The van der Waals surface area contributed by atoms with Crippen LogP contribution in [-0.2, 0) is 0 Å². The van der Waals surface area contributed by atoms with Gasteiger partial charge in [-0.3, -0.25) is 14.9 Å². The number of carbonyl (C=O) groups is 2. The third kappa shape index (κ3) is 1.56. The fourth-order valence-electron chi connectivity index (χ4n) is 2.63. The molecule has 5 heteroatoms. The summed E-state index contributed by atoms with van der Waals surface area (Å²) in [6.07, 6.45) is 0. The zero-order valence-electron chi connectivity index (χ0n) is 11.2. The second-order valence-electron chi connectivity index (χ2n) is 4.47. The van der Waals surface area contributed by atoms with Crippen LogP contribution >= 0.6 is 0 Å². The lowest BCUT2D eigenvalue weighted by atomic mass is 9.97. The van der Waals surface area contributed by atoms with Gasteiger partial charge in [0.25, 0.3) is 11.8 Å². The molecule has 0 aromatic heterocycles. The average molecular weight is 270 g/mol. The Morgan fingerprint density at radius 3 is 2.40 bits per heavy atom. The molecule has 1 aliphatic heterocycles. The molecule has 2 aromatic rings. The monoisotopic (exact) mass is 270 g/mol. The van der Waals surface area contributed by atoms with Gasteiger partial charge in [0, 0.05) is 12.4 Å². The lowest BCUT2D eigenvalue weighted by Gasteiger charge is -2.16. The largest absolute Gasteiger partial charge is 0.491 e. The van der Waals surface area contributed by atoms with Crippen LogP contribution in [0.4, 0.5) is 5.69 Å². The summed E-state index contributed by atoms with van der Waals surface area (Å²) >= 11 is 0. The number of imide groups is 1. The molecule has 1 heterocycles. The Kier molecular flexibility index (Phi) is 2.82. The van der Waals surface area contributed by atoms with E-state index < -0.39 is 0 Å². The Balaban J connectivity index is 2.49. The average Bonchev–Trinajstić information content (AvgIpc) is 2.75. The molecule has 0 spiro atoms. The Hall–Kier alpha value is -2.56. The van der Waals surface area contributed by atoms with Crippen LogP contribution in [0.15, 0.2) is 24.3 Å². The molecule has 0 aliphatic carbocycles. The van der Waals surface area contributed by atoms with Crippen molar-refractivity contribution in [3.05, 3.63) is 35.4 Å². The molecular weight excluding hydrogens is 256 g/mol. The summed E-state index contributed by atoms with van der Waals surface area (Å²) in [7, 11) is 1.71. The molecule has 0 bridgehead atoms. The highest BCUT2D eigenvalue weighted by Gasteiger charge is 2.34. The Morgan fingerprint density at radius 2 is 1.75 bits per heavy atom. The minimum absolute atomic E-state index is 0.360. The molecule has 1 aliphatic rings. The lowest BCUT2D eigenvalue weighted by Crippen LogP contribution is -2.20. The van der Waals surface area contributed by atoms with E-state index in [-0.39, 0.29) is 11.8 Å². The second-order valence-corrected chi connectivity index (χ2v) is 4.47. The number of hydrogen-bond acceptors (Lipinski definition) is 4. The maximum absolute atomic E-state index is 12.0. The molecule has 2 N–H and O–H groups in total. The van der Waals surface area contributed by atoms with E-state index in [1.54, 1.807) is 7.05 Å². The highest BCUT2D eigenvalue weighted by atomic mass is 16.5. The van der Waals surface area contributed by atoms with Crippen LogP contribution in [0.25, 0.3) is 10.8 Å². The Labute approximate surface area is 115 Å². The molecule has 20 heavy (non-hydrogen) atoms. The number of carbonyl (C=O) groups excluding carboxylic acids is 2. The molecule has 0 fully saturated rings. The summed E-state index contributed by atoms with van der Waals surface area (Å²) in [5.41, 5.74) is 1.34. The van der Waals surface area contributed by atoms with Crippen molar-refractivity contribution >= 4 is 28.3 Å². The third-order valence-corrected chi connectivity index (χ3v) is 3.39. The summed E-state index contributed by atoms with van der Waals surface area (Å²) in [5, 5.41) is 6.88. The van der Waals surface area contributed by atoms with Gasteiger partial charge in [0.2, 0.25) is 0 Å². The molecule has 0 saturated heterocycles. The maximum Gasteiger partial charge on any atom is 0.261 e. The first kappa shape index (κ1) is 12.5. The molecule has 102 valence electrons. The highest BCUT2D eigenvalue weighted by Crippen LogP contribution is 2.41. The first-order valence-electron chi connectivity index (χ1n) is 6.44. The molecule has 0 saturated carbocycles. The number of benzene rings is 2. The molecule has 3 rings (SSSR count). The van der Waals surface area contributed by atoms with Crippen molar-refractivity contribution < 1.29 is 14.3 Å². The number of rotatable bonds is 3. The molecule has 0 atom stereocenters. The van der Waals surface area contributed by atoms with E-state index >= 15 is 0 Å². The van der Waals surface area contributed by atoms with Crippen molar-refractivity contribution in [1.82, 2.24) is 5.32 Å². The van der Waals surface area contributed by atoms with Gasteiger partial charge in [0.05, 0.1) is 23.4 Å². The van der Waals surface area contributed by atoms with E-state index in [1.165, 1.54) is 0 Å². The van der Waals surface area contributed by atoms with Crippen molar-refractivity contribution in [2.45, 2.75) is 6.92 Å². The summed E-state index contributed by atoms with van der Waals surface area (Å²) in [5.74, 6) is -0.143. The van der Waals surface area contributed by atoms with Gasteiger partial charge in [-0.05, 0) is 12.3 Å².